The number of nitrogens with one attached hydrogen (secondary N) is 2. The lowest BCUT2D eigenvalue weighted by molar-refractivity contribution is 0.969. The summed E-state index contributed by atoms with van der Waals surface area (Å²) in [6.07, 6.45) is 4.45. The molecule has 128 valence electrons. The van der Waals surface area contributed by atoms with Crippen LogP contribution in [0.4, 0.5) is 11.8 Å². The Balaban J connectivity index is 1.56. The van der Waals surface area contributed by atoms with Gasteiger partial charge in [0.05, 0.1) is 0 Å². The van der Waals surface area contributed by atoms with Gasteiger partial charge in [-0.15, -0.1) is 0 Å². The van der Waals surface area contributed by atoms with Crippen molar-refractivity contribution in [1.29, 1.82) is 0 Å². The van der Waals surface area contributed by atoms with E-state index in [1.54, 1.807) is 12.4 Å². The van der Waals surface area contributed by atoms with Gasteiger partial charge in [-0.1, -0.05) is 23.7 Å². The predicted octanol–water partition coefficient (Wildman–Crippen LogP) is 4.10. The molecule has 0 aliphatic heterocycles. The second-order valence-electron chi connectivity index (χ2n) is 5.73. The van der Waals surface area contributed by atoms with Crippen LogP contribution in [0.15, 0.2) is 54.9 Å². The van der Waals surface area contributed by atoms with E-state index in [1.807, 2.05) is 49.4 Å². The summed E-state index contributed by atoms with van der Waals surface area (Å²) in [5.41, 5.74) is 3.30. The minimum atomic E-state index is 0.631. The van der Waals surface area contributed by atoms with Crippen LogP contribution in [0.3, 0.4) is 0 Å². The van der Waals surface area contributed by atoms with E-state index in [2.05, 4.69) is 25.6 Å². The Morgan fingerprint density at radius 1 is 0.920 bits per heavy atom. The molecule has 6 heteroatoms. The molecular formula is C19H20ClN5. The highest BCUT2D eigenvalue weighted by Crippen LogP contribution is 2.12. The lowest BCUT2D eigenvalue weighted by atomic mass is 10.1. The molecule has 1 aromatic carbocycles. The number of rotatable bonds is 7. The summed E-state index contributed by atoms with van der Waals surface area (Å²) in [5.74, 6) is 1.43. The first-order valence-electron chi connectivity index (χ1n) is 8.16. The van der Waals surface area contributed by atoms with Crippen molar-refractivity contribution < 1.29 is 0 Å². The number of hydrogen-bond acceptors (Lipinski definition) is 5. The first-order valence-corrected chi connectivity index (χ1v) is 8.53. The van der Waals surface area contributed by atoms with Gasteiger partial charge in [-0.25, -0.2) is 4.98 Å². The highest BCUT2D eigenvalue weighted by molar-refractivity contribution is 6.30. The minimum absolute atomic E-state index is 0.631. The molecule has 0 saturated heterocycles. The average molecular weight is 354 g/mol. The first kappa shape index (κ1) is 17.2. The van der Waals surface area contributed by atoms with Crippen LogP contribution < -0.4 is 10.6 Å². The number of pyridine rings is 1. The second-order valence-corrected chi connectivity index (χ2v) is 6.17. The third-order valence-electron chi connectivity index (χ3n) is 3.69. The summed E-state index contributed by atoms with van der Waals surface area (Å²) in [6, 6.07) is 13.8. The number of nitrogens with zero attached hydrogens (tertiary/aromatic N) is 3. The Bertz CT molecular complexity index is 806. The van der Waals surface area contributed by atoms with Crippen molar-refractivity contribution in [3.8, 4) is 0 Å². The molecule has 0 amide bonds. The molecule has 0 radical (unpaired) electrons. The summed E-state index contributed by atoms with van der Waals surface area (Å²) < 4.78 is 0. The zero-order valence-electron chi connectivity index (χ0n) is 14.0. The topological polar surface area (TPSA) is 62.7 Å². The van der Waals surface area contributed by atoms with Crippen molar-refractivity contribution in [2.24, 2.45) is 0 Å². The molecule has 0 bridgehead atoms. The lowest BCUT2D eigenvalue weighted by Gasteiger charge is -2.10. The molecule has 0 atom stereocenters. The number of anilines is 2. The third-order valence-corrected chi connectivity index (χ3v) is 3.94. The normalized spacial score (nSPS) is 10.5. The Labute approximate surface area is 152 Å². The van der Waals surface area contributed by atoms with E-state index in [0.717, 1.165) is 35.1 Å². The van der Waals surface area contributed by atoms with Crippen LogP contribution in [0, 0.1) is 6.92 Å². The average Bonchev–Trinajstić information content (AvgIpc) is 2.62. The van der Waals surface area contributed by atoms with Crippen molar-refractivity contribution in [2.75, 3.05) is 17.2 Å². The molecule has 2 heterocycles. The standard InChI is InChI=1S/C19H20ClN5/c1-14-12-18(23-13-16-6-9-21-10-7-16)25-19(24-14)22-11-8-15-2-4-17(20)5-3-15/h2-7,9-10,12H,8,11,13H2,1H3,(H2,22,23,24,25). The molecule has 3 rings (SSSR count). The predicted molar refractivity (Wildman–Crippen MR) is 102 cm³/mol. The third kappa shape index (κ3) is 5.43. The fourth-order valence-corrected chi connectivity index (χ4v) is 2.53. The van der Waals surface area contributed by atoms with Gasteiger partial charge in [0, 0.05) is 42.3 Å². The van der Waals surface area contributed by atoms with Crippen LogP contribution >= 0.6 is 11.6 Å². The Kier molecular flexibility index (Phi) is 5.80. The van der Waals surface area contributed by atoms with Gasteiger partial charge in [-0.05, 0) is 48.7 Å². The number of halogens is 1. The van der Waals surface area contributed by atoms with Crippen LogP contribution in [-0.2, 0) is 13.0 Å². The van der Waals surface area contributed by atoms with Gasteiger partial charge in [0.25, 0.3) is 0 Å². The van der Waals surface area contributed by atoms with E-state index in [-0.39, 0.29) is 0 Å². The van der Waals surface area contributed by atoms with Gasteiger partial charge in [0.1, 0.15) is 5.82 Å². The van der Waals surface area contributed by atoms with Crippen LogP contribution in [0.1, 0.15) is 16.8 Å². The van der Waals surface area contributed by atoms with E-state index in [9.17, 15) is 0 Å². The minimum Gasteiger partial charge on any atom is -0.366 e. The van der Waals surface area contributed by atoms with E-state index in [4.69, 9.17) is 11.6 Å². The van der Waals surface area contributed by atoms with Gasteiger partial charge in [0.2, 0.25) is 5.95 Å². The smallest absolute Gasteiger partial charge is 0.224 e. The van der Waals surface area contributed by atoms with E-state index < -0.39 is 0 Å². The molecule has 3 aromatic rings. The summed E-state index contributed by atoms with van der Waals surface area (Å²) in [7, 11) is 0. The number of aryl methyl sites for hydroxylation is 1. The molecule has 0 saturated carbocycles. The highest BCUT2D eigenvalue weighted by Gasteiger charge is 2.03. The van der Waals surface area contributed by atoms with Crippen molar-refractivity contribution in [3.63, 3.8) is 0 Å². The molecule has 2 aromatic heterocycles. The van der Waals surface area contributed by atoms with Crippen LogP contribution in [0.5, 0.6) is 0 Å². The molecule has 25 heavy (non-hydrogen) atoms. The van der Waals surface area contributed by atoms with Gasteiger partial charge < -0.3 is 10.6 Å². The van der Waals surface area contributed by atoms with Gasteiger partial charge >= 0.3 is 0 Å². The van der Waals surface area contributed by atoms with Crippen LogP contribution in [0.2, 0.25) is 5.02 Å². The molecule has 2 N–H and O–H groups in total. The maximum atomic E-state index is 5.90. The number of hydrogen-bond donors (Lipinski definition) is 2. The quantitative estimate of drug-likeness (QED) is 0.669. The summed E-state index contributed by atoms with van der Waals surface area (Å²) >= 11 is 5.90. The number of aromatic nitrogens is 3. The molecule has 0 fully saturated rings. The maximum Gasteiger partial charge on any atom is 0.224 e. The summed E-state index contributed by atoms with van der Waals surface area (Å²) in [6.45, 7) is 3.42. The van der Waals surface area contributed by atoms with Crippen molar-refractivity contribution in [2.45, 2.75) is 19.9 Å². The van der Waals surface area contributed by atoms with Crippen LogP contribution in [-0.4, -0.2) is 21.5 Å². The molecule has 5 nitrogen and oxygen atoms in total. The van der Waals surface area contributed by atoms with E-state index >= 15 is 0 Å². The fourth-order valence-electron chi connectivity index (χ4n) is 2.40. The largest absolute Gasteiger partial charge is 0.366 e. The molecule has 0 aliphatic carbocycles. The first-order chi connectivity index (χ1) is 12.2. The highest BCUT2D eigenvalue weighted by atomic mass is 35.5. The van der Waals surface area contributed by atoms with Gasteiger partial charge in [0.15, 0.2) is 0 Å². The summed E-state index contributed by atoms with van der Waals surface area (Å²) in [4.78, 5) is 13.0. The molecule has 0 aliphatic rings. The zero-order chi connectivity index (χ0) is 17.5. The number of benzene rings is 1. The zero-order valence-corrected chi connectivity index (χ0v) is 14.8. The SMILES string of the molecule is Cc1cc(NCc2ccncc2)nc(NCCc2ccc(Cl)cc2)n1. The molecule has 0 unspecified atom stereocenters. The van der Waals surface area contributed by atoms with E-state index in [0.29, 0.717) is 12.5 Å². The van der Waals surface area contributed by atoms with Crippen molar-refractivity contribution in [3.05, 3.63) is 76.7 Å². The van der Waals surface area contributed by atoms with Crippen molar-refractivity contribution in [1.82, 2.24) is 15.0 Å². The second kappa shape index (κ2) is 8.44. The molecule has 0 spiro atoms. The van der Waals surface area contributed by atoms with Gasteiger partial charge in [-0.2, -0.15) is 4.98 Å². The Morgan fingerprint density at radius 3 is 2.44 bits per heavy atom. The monoisotopic (exact) mass is 353 g/mol. The Hall–Kier alpha value is -2.66. The fraction of sp³-hybridized carbons (Fsp3) is 0.211. The lowest BCUT2D eigenvalue weighted by Crippen LogP contribution is -2.10. The maximum absolute atomic E-state index is 5.90. The summed E-state index contributed by atoms with van der Waals surface area (Å²) in [5, 5.41) is 7.36. The van der Waals surface area contributed by atoms with Crippen molar-refractivity contribution >= 4 is 23.4 Å². The van der Waals surface area contributed by atoms with Crippen LogP contribution in [0.25, 0.3) is 0 Å². The van der Waals surface area contributed by atoms with E-state index in [1.165, 1.54) is 5.56 Å². The Morgan fingerprint density at radius 2 is 1.68 bits per heavy atom. The van der Waals surface area contributed by atoms with Gasteiger partial charge in [-0.3, -0.25) is 4.98 Å². The molecular weight excluding hydrogens is 334 g/mol.